The molecule has 2 aromatic rings. The molecule has 0 radical (unpaired) electrons. The number of unbranched alkanes of at least 4 members (excludes halogenated alkanes) is 1. The van der Waals surface area contributed by atoms with Gasteiger partial charge in [-0.1, -0.05) is 12.6 Å². The van der Waals surface area contributed by atoms with Crippen LogP contribution in [0.15, 0.2) is 36.2 Å². The monoisotopic (exact) mass is 425 g/mol. The van der Waals surface area contributed by atoms with E-state index in [9.17, 15) is 4.79 Å². The molecule has 1 saturated heterocycles. The van der Waals surface area contributed by atoms with Crippen LogP contribution in [-0.4, -0.2) is 55.0 Å². The molecule has 30 heavy (non-hydrogen) atoms. The van der Waals surface area contributed by atoms with Gasteiger partial charge in [0.2, 0.25) is 5.91 Å². The van der Waals surface area contributed by atoms with Crippen molar-refractivity contribution in [3.8, 4) is 5.75 Å². The summed E-state index contributed by atoms with van der Waals surface area (Å²) in [4.78, 5) is 17.9. The highest BCUT2D eigenvalue weighted by atomic mass is 32.1. The molecule has 3 heterocycles. The zero-order valence-electron chi connectivity index (χ0n) is 17.8. The van der Waals surface area contributed by atoms with Gasteiger partial charge < -0.3 is 15.0 Å². The molecule has 1 amide bonds. The van der Waals surface area contributed by atoms with E-state index in [1.165, 1.54) is 21.7 Å². The van der Waals surface area contributed by atoms with Crippen molar-refractivity contribution in [3.05, 3.63) is 52.2 Å². The minimum absolute atomic E-state index is 0.0915. The number of piperazine rings is 1. The molecule has 5 nitrogen and oxygen atoms in total. The van der Waals surface area contributed by atoms with E-state index in [4.69, 9.17) is 4.74 Å². The number of amides is 1. The summed E-state index contributed by atoms with van der Waals surface area (Å²) >= 11 is 1.79. The minimum Gasteiger partial charge on any atom is -0.494 e. The minimum atomic E-state index is 0.0915. The number of hydrogen-bond donors (Lipinski definition) is 1. The van der Waals surface area contributed by atoms with Crippen molar-refractivity contribution in [2.75, 3.05) is 44.6 Å². The summed E-state index contributed by atoms with van der Waals surface area (Å²) < 4.78 is 5.91. The first kappa shape index (κ1) is 20.9. The number of aryl methyl sites for hydroxylation is 2. The predicted molar refractivity (Wildman–Crippen MR) is 124 cm³/mol. The molecular weight excluding hydrogens is 394 g/mol. The average Bonchev–Trinajstić information content (AvgIpc) is 3.19. The topological polar surface area (TPSA) is 44.8 Å². The maximum absolute atomic E-state index is 11.6. The lowest BCUT2D eigenvalue weighted by Crippen LogP contribution is -2.45. The number of carbonyl (C=O) groups is 1. The summed E-state index contributed by atoms with van der Waals surface area (Å²) in [5, 5.41) is 5.08. The summed E-state index contributed by atoms with van der Waals surface area (Å²) in [7, 11) is 0. The summed E-state index contributed by atoms with van der Waals surface area (Å²) in [5.74, 6) is 0.931. The number of benzene rings is 1. The second-order valence-electron chi connectivity index (χ2n) is 8.09. The van der Waals surface area contributed by atoms with Gasteiger partial charge in [-0.2, -0.15) is 0 Å². The molecule has 1 N–H and O–H groups in total. The summed E-state index contributed by atoms with van der Waals surface area (Å²) in [6.07, 6.45) is 3.55. The second kappa shape index (κ2) is 9.67. The molecule has 0 unspecified atom stereocenters. The lowest BCUT2D eigenvalue weighted by molar-refractivity contribution is -0.116. The highest BCUT2D eigenvalue weighted by molar-refractivity contribution is 7.10. The quantitative estimate of drug-likeness (QED) is 0.637. The molecule has 0 spiro atoms. The smallest absolute Gasteiger partial charge is 0.224 e. The molecule has 160 valence electrons. The molecule has 1 fully saturated rings. The van der Waals surface area contributed by atoms with Crippen LogP contribution in [0.5, 0.6) is 5.75 Å². The van der Waals surface area contributed by atoms with Gasteiger partial charge in [0.1, 0.15) is 5.75 Å². The standard InChI is InChI=1S/C24H31N3O2S/c1-18(22-9-16-30-19(22)2)27-13-11-26(12-14-27)10-3-4-15-29-21-7-5-20-6-8-24(28)25-23(20)17-21/h5,7,9,16-17H,1,3-4,6,8,10-15H2,2H3,(H,25,28). The van der Waals surface area contributed by atoms with E-state index in [2.05, 4.69) is 46.1 Å². The molecule has 0 saturated carbocycles. The molecule has 1 aromatic heterocycles. The third-order valence-electron chi connectivity index (χ3n) is 6.04. The number of rotatable bonds is 8. The Kier molecular flexibility index (Phi) is 6.75. The molecule has 2 aliphatic rings. The van der Waals surface area contributed by atoms with Crippen molar-refractivity contribution in [1.29, 1.82) is 0 Å². The van der Waals surface area contributed by atoms with Crippen LogP contribution >= 0.6 is 11.3 Å². The molecule has 4 rings (SSSR count). The van der Waals surface area contributed by atoms with Crippen LogP contribution in [0, 0.1) is 6.92 Å². The van der Waals surface area contributed by atoms with E-state index >= 15 is 0 Å². The first-order chi connectivity index (χ1) is 14.6. The third kappa shape index (κ3) is 5.05. The number of carbonyl (C=O) groups excluding carboxylic acids is 1. The van der Waals surface area contributed by atoms with Crippen LogP contribution in [0.3, 0.4) is 0 Å². The van der Waals surface area contributed by atoms with Gasteiger partial charge in [0.25, 0.3) is 0 Å². The van der Waals surface area contributed by atoms with Crippen LogP contribution in [0.1, 0.15) is 35.3 Å². The lowest BCUT2D eigenvalue weighted by Gasteiger charge is -2.37. The van der Waals surface area contributed by atoms with Crippen molar-refractivity contribution in [1.82, 2.24) is 9.80 Å². The van der Waals surface area contributed by atoms with E-state index in [0.717, 1.165) is 63.4 Å². The van der Waals surface area contributed by atoms with E-state index in [-0.39, 0.29) is 5.91 Å². The zero-order valence-corrected chi connectivity index (χ0v) is 18.6. The number of thiophene rings is 1. The molecule has 0 atom stereocenters. The van der Waals surface area contributed by atoms with Gasteiger partial charge in [0.05, 0.1) is 6.61 Å². The average molecular weight is 426 g/mol. The Hall–Kier alpha value is -2.31. The highest BCUT2D eigenvalue weighted by Crippen LogP contribution is 2.28. The maximum Gasteiger partial charge on any atom is 0.224 e. The van der Waals surface area contributed by atoms with Crippen LogP contribution < -0.4 is 10.1 Å². The van der Waals surface area contributed by atoms with Crippen LogP contribution in [0.2, 0.25) is 0 Å². The van der Waals surface area contributed by atoms with Crippen molar-refractivity contribution >= 4 is 28.6 Å². The van der Waals surface area contributed by atoms with E-state index in [1.807, 2.05) is 12.1 Å². The highest BCUT2D eigenvalue weighted by Gasteiger charge is 2.19. The maximum atomic E-state index is 11.6. The SMILES string of the molecule is C=C(c1ccsc1C)N1CCN(CCCCOc2ccc3c(c2)NC(=O)CC3)CC1. The number of hydrogen-bond acceptors (Lipinski definition) is 5. The van der Waals surface area contributed by atoms with E-state index in [1.54, 1.807) is 11.3 Å². The lowest BCUT2D eigenvalue weighted by atomic mass is 10.0. The number of nitrogens with one attached hydrogen (secondary N) is 1. The normalized spacial score (nSPS) is 16.8. The fraction of sp³-hybridized carbons (Fsp3) is 0.458. The van der Waals surface area contributed by atoms with Crippen molar-refractivity contribution in [2.24, 2.45) is 0 Å². The fourth-order valence-electron chi connectivity index (χ4n) is 4.16. The Labute approximate surface area is 183 Å². The Balaban J connectivity index is 1.13. The van der Waals surface area contributed by atoms with Crippen molar-refractivity contribution in [3.63, 3.8) is 0 Å². The molecule has 0 bridgehead atoms. The molecule has 0 aliphatic carbocycles. The zero-order chi connectivity index (χ0) is 20.9. The largest absolute Gasteiger partial charge is 0.494 e. The first-order valence-corrected chi connectivity index (χ1v) is 11.7. The molecule has 1 aromatic carbocycles. The summed E-state index contributed by atoms with van der Waals surface area (Å²) in [6.45, 7) is 12.6. The molecule has 6 heteroatoms. The number of nitrogens with zero attached hydrogens (tertiary/aromatic N) is 2. The predicted octanol–water partition coefficient (Wildman–Crippen LogP) is 4.39. The Morgan fingerprint density at radius 2 is 2.00 bits per heavy atom. The molecule has 2 aliphatic heterocycles. The van der Waals surface area contributed by atoms with Gasteiger partial charge in [-0.25, -0.2) is 0 Å². The van der Waals surface area contributed by atoms with E-state index in [0.29, 0.717) is 13.0 Å². The van der Waals surface area contributed by atoms with E-state index < -0.39 is 0 Å². The fourth-order valence-corrected chi connectivity index (χ4v) is 4.89. The number of anilines is 1. The van der Waals surface area contributed by atoms with Gasteiger partial charge in [-0.3, -0.25) is 9.69 Å². The summed E-state index contributed by atoms with van der Waals surface area (Å²) in [5.41, 5.74) is 4.56. The number of ether oxygens (including phenoxy) is 1. The van der Waals surface area contributed by atoms with Crippen molar-refractivity contribution < 1.29 is 9.53 Å². The van der Waals surface area contributed by atoms with Gasteiger partial charge in [-0.05, 0) is 55.8 Å². The van der Waals surface area contributed by atoms with Gasteiger partial charge in [0.15, 0.2) is 0 Å². The van der Waals surface area contributed by atoms with Gasteiger partial charge >= 0.3 is 0 Å². The van der Waals surface area contributed by atoms with Crippen LogP contribution in [0.25, 0.3) is 5.70 Å². The van der Waals surface area contributed by atoms with Gasteiger partial charge in [-0.15, -0.1) is 11.3 Å². The Bertz CT molecular complexity index is 900. The third-order valence-corrected chi connectivity index (χ3v) is 6.88. The Morgan fingerprint density at radius 3 is 2.77 bits per heavy atom. The first-order valence-electron chi connectivity index (χ1n) is 10.9. The van der Waals surface area contributed by atoms with Crippen molar-refractivity contribution in [2.45, 2.75) is 32.6 Å². The van der Waals surface area contributed by atoms with Gasteiger partial charge in [0, 0.05) is 60.5 Å². The summed E-state index contributed by atoms with van der Waals surface area (Å²) in [6, 6.07) is 8.21. The molecular formula is C24H31N3O2S. The van der Waals surface area contributed by atoms with Crippen LogP contribution in [-0.2, 0) is 11.2 Å². The Morgan fingerprint density at radius 1 is 1.17 bits per heavy atom. The van der Waals surface area contributed by atoms with Crippen LogP contribution in [0.4, 0.5) is 5.69 Å². The second-order valence-corrected chi connectivity index (χ2v) is 9.21. The number of fused-ring (bicyclic) bond motifs is 1.